The summed E-state index contributed by atoms with van der Waals surface area (Å²) in [6.45, 7) is 9.08. The van der Waals surface area contributed by atoms with Crippen LogP contribution in [0.2, 0.25) is 0 Å². The summed E-state index contributed by atoms with van der Waals surface area (Å²) in [5, 5.41) is 0. The zero-order valence-corrected chi connectivity index (χ0v) is 11.2. The first-order valence-corrected chi connectivity index (χ1v) is 6.73. The standard InChI is InChI=1S/C15H25N/c1-5-12(6-2)14-10-9-11-16-15(14)13(7-3)8-4/h9-13H,5-8H2,1-4H3. The third-order valence-corrected chi connectivity index (χ3v) is 3.67. The van der Waals surface area contributed by atoms with Gasteiger partial charge in [0.1, 0.15) is 0 Å². The summed E-state index contributed by atoms with van der Waals surface area (Å²) in [7, 11) is 0. The second kappa shape index (κ2) is 6.67. The van der Waals surface area contributed by atoms with Crippen LogP contribution in [0.15, 0.2) is 18.3 Å². The SMILES string of the molecule is CCC(CC)c1cccnc1C(CC)CC. The third kappa shape index (κ3) is 2.84. The lowest BCUT2D eigenvalue weighted by Crippen LogP contribution is -2.07. The Morgan fingerprint density at radius 1 is 0.938 bits per heavy atom. The topological polar surface area (TPSA) is 12.9 Å². The van der Waals surface area contributed by atoms with E-state index >= 15 is 0 Å². The Morgan fingerprint density at radius 3 is 2.00 bits per heavy atom. The predicted molar refractivity (Wildman–Crippen MR) is 70.9 cm³/mol. The lowest BCUT2D eigenvalue weighted by molar-refractivity contribution is 0.578. The molecule has 1 nitrogen and oxygen atoms in total. The molecule has 0 amide bonds. The fourth-order valence-electron chi connectivity index (χ4n) is 2.52. The molecule has 1 aromatic rings. The van der Waals surface area contributed by atoms with Gasteiger partial charge in [0, 0.05) is 17.8 Å². The van der Waals surface area contributed by atoms with Crippen molar-refractivity contribution < 1.29 is 0 Å². The van der Waals surface area contributed by atoms with E-state index in [-0.39, 0.29) is 0 Å². The maximum atomic E-state index is 4.64. The van der Waals surface area contributed by atoms with E-state index in [0.29, 0.717) is 11.8 Å². The molecule has 0 saturated carbocycles. The van der Waals surface area contributed by atoms with Crippen LogP contribution >= 0.6 is 0 Å². The summed E-state index contributed by atoms with van der Waals surface area (Å²) in [5.74, 6) is 1.32. The van der Waals surface area contributed by atoms with Gasteiger partial charge < -0.3 is 0 Å². The smallest absolute Gasteiger partial charge is 0.0469 e. The fraction of sp³-hybridized carbons (Fsp3) is 0.667. The van der Waals surface area contributed by atoms with Crippen LogP contribution in [-0.2, 0) is 0 Å². The van der Waals surface area contributed by atoms with Crippen molar-refractivity contribution in [3.8, 4) is 0 Å². The Balaban J connectivity index is 3.07. The molecule has 0 aliphatic rings. The van der Waals surface area contributed by atoms with Gasteiger partial charge >= 0.3 is 0 Å². The highest BCUT2D eigenvalue weighted by Gasteiger charge is 2.17. The highest BCUT2D eigenvalue weighted by atomic mass is 14.7. The zero-order valence-electron chi connectivity index (χ0n) is 11.2. The lowest BCUT2D eigenvalue weighted by Gasteiger charge is -2.21. The summed E-state index contributed by atoms with van der Waals surface area (Å²) in [6, 6.07) is 4.36. The molecule has 1 aromatic heterocycles. The monoisotopic (exact) mass is 219 g/mol. The summed E-state index contributed by atoms with van der Waals surface area (Å²) >= 11 is 0. The Kier molecular flexibility index (Phi) is 5.51. The van der Waals surface area contributed by atoms with Gasteiger partial charge in [0.15, 0.2) is 0 Å². The summed E-state index contributed by atoms with van der Waals surface area (Å²) in [4.78, 5) is 4.64. The molecule has 0 aliphatic carbocycles. The molecule has 0 unspecified atom stereocenters. The first-order valence-electron chi connectivity index (χ1n) is 6.73. The lowest BCUT2D eigenvalue weighted by atomic mass is 9.86. The minimum atomic E-state index is 0.636. The minimum Gasteiger partial charge on any atom is -0.261 e. The van der Waals surface area contributed by atoms with E-state index in [1.165, 1.54) is 36.9 Å². The molecular formula is C15H25N. The second-order valence-corrected chi connectivity index (χ2v) is 4.50. The zero-order chi connectivity index (χ0) is 12.0. The van der Waals surface area contributed by atoms with Crippen LogP contribution in [0.25, 0.3) is 0 Å². The van der Waals surface area contributed by atoms with Crippen molar-refractivity contribution in [3.63, 3.8) is 0 Å². The van der Waals surface area contributed by atoms with Crippen molar-refractivity contribution in [1.82, 2.24) is 4.98 Å². The molecular weight excluding hydrogens is 194 g/mol. The van der Waals surface area contributed by atoms with Gasteiger partial charge in [0.2, 0.25) is 0 Å². The van der Waals surface area contributed by atoms with Gasteiger partial charge in [-0.25, -0.2) is 0 Å². The molecule has 0 atom stereocenters. The molecule has 0 aromatic carbocycles. The van der Waals surface area contributed by atoms with Crippen LogP contribution in [-0.4, -0.2) is 4.98 Å². The van der Waals surface area contributed by atoms with Crippen molar-refractivity contribution in [3.05, 3.63) is 29.6 Å². The molecule has 0 saturated heterocycles. The van der Waals surface area contributed by atoms with E-state index in [9.17, 15) is 0 Å². The third-order valence-electron chi connectivity index (χ3n) is 3.67. The normalized spacial score (nSPS) is 11.4. The molecule has 0 fully saturated rings. The Bertz CT molecular complexity index is 267. The van der Waals surface area contributed by atoms with Crippen molar-refractivity contribution in [2.45, 2.75) is 65.2 Å². The molecule has 0 spiro atoms. The predicted octanol–water partition coefficient (Wildman–Crippen LogP) is 4.89. The van der Waals surface area contributed by atoms with Gasteiger partial charge in [0.25, 0.3) is 0 Å². The Hall–Kier alpha value is -0.850. The number of aromatic nitrogens is 1. The number of hydrogen-bond acceptors (Lipinski definition) is 1. The number of pyridine rings is 1. The first-order chi connectivity index (χ1) is 7.78. The van der Waals surface area contributed by atoms with Crippen LogP contribution < -0.4 is 0 Å². The van der Waals surface area contributed by atoms with Crippen molar-refractivity contribution in [1.29, 1.82) is 0 Å². The number of rotatable bonds is 6. The molecule has 0 aliphatic heterocycles. The van der Waals surface area contributed by atoms with Crippen LogP contribution in [0.3, 0.4) is 0 Å². The van der Waals surface area contributed by atoms with Gasteiger partial charge in [0.05, 0.1) is 0 Å². The minimum absolute atomic E-state index is 0.636. The summed E-state index contributed by atoms with van der Waals surface area (Å²) in [6.07, 6.45) is 6.77. The van der Waals surface area contributed by atoms with Crippen molar-refractivity contribution >= 4 is 0 Å². The van der Waals surface area contributed by atoms with E-state index in [4.69, 9.17) is 0 Å². The highest BCUT2D eigenvalue weighted by Crippen LogP contribution is 2.31. The molecule has 16 heavy (non-hydrogen) atoms. The maximum absolute atomic E-state index is 4.64. The van der Waals surface area contributed by atoms with E-state index in [2.05, 4.69) is 44.8 Å². The van der Waals surface area contributed by atoms with Crippen LogP contribution in [0.1, 0.15) is 76.5 Å². The van der Waals surface area contributed by atoms with Gasteiger partial charge in [-0.05, 0) is 43.2 Å². The van der Waals surface area contributed by atoms with E-state index < -0.39 is 0 Å². The second-order valence-electron chi connectivity index (χ2n) is 4.50. The highest BCUT2D eigenvalue weighted by molar-refractivity contribution is 5.27. The van der Waals surface area contributed by atoms with Gasteiger partial charge in [-0.1, -0.05) is 33.8 Å². The number of nitrogens with zero attached hydrogens (tertiary/aromatic N) is 1. The molecule has 1 heterocycles. The van der Waals surface area contributed by atoms with Crippen LogP contribution in [0, 0.1) is 0 Å². The van der Waals surface area contributed by atoms with E-state index in [1.54, 1.807) is 0 Å². The van der Waals surface area contributed by atoms with E-state index in [0.717, 1.165) is 0 Å². The molecule has 1 rings (SSSR count). The van der Waals surface area contributed by atoms with Gasteiger partial charge in [-0.15, -0.1) is 0 Å². The average Bonchev–Trinajstić information content (AvgIpc) is 2.34. The van der Waals surface area contributed by atoms with Crippen molar-refractivity contribution in [2.75, 3.05) is 0 Å². The molecule has 0 N–H and O–H groups in total. The average molecular weight is 219 g/mol. The molecule has 0 bridgehead atoms. The first kappa shape index (κ1) is 13.2. The Morgan fingerprint density at radius 2 is 1.50 bits per heavy atom. The largest absolute Gasteiger partial charge is 0.261 e. The molecule has 90 valence electrons. The summed E-state index contributed by atoms with van der Waals surface area (Å²) in [5.41, 5.74) is 2.84. The quantitative estimate of drug-likeness (QED) is 0.664. The van der Waals surface area contributed by atoms with Crippen LogP contribution in [0.4, 0.5) is 0 Å². The fourth-order valence-corrected chi connectivity index (χ4v) is 2.52. The van der Waals surface area contributed by atoms with Crippen molar-refractivity contribution in [2.24, 2.45) is 0 Å². The van der Waals surface area contributed by atoms with Gasteiger partial charge in [-0.2, -0.15) is 0 Å². The van der Waals surface area contributed by atoms with Gasteiger partial charge in [-0.3, -0.25) is 4.98 Å². The van der Waals surface area contributed by atoms with E-state index in [1.807, 2.05) is 6.20 Å². The molecule has 0 radical (unpaired) electrons. The molecule has 1 heteroatoms. The summed E-state index contributed by atoms with van der Waals surface area (Å²) < 4.78 is 0. The maximum Gasteiger partial charge on any atom is 0.0469 e. The number of hydrogen-bond donors (Lipinski definition) is 0. The Labute approximate surface area is 100 Å². The van der Waals surface area contributed by atoms with Crippen LogP contribution in [0.5, 0.6) is 0 Å².